The summed E-state index contributed by atoms with van der Waals surface area (Å²) in [7, 11) is 2.26. The Bertz CT molecular complexity index is 496. The number of rotatable bonds is 6. The van der Waals surface area contributed by atoms with Crippen LogP contribution in [-0.4, -0.2) is 53.8 Å². The second-order valence-electron chi connectivity index (χ2n) is 7.04. The molecule has 1 aromatic rings. The van der Waals surface area contributed by atoms with Crippen molar-refractivity contribution < 1.29 is 4.74 Å². The molecule has 0 bridgehead atoms. The summed E-state index contributed by atoms with van der Waals surface area (Å²) >= 11 is 0. The van der Waals surface area contributed by atoms with Gasteiger partial charge < -0.3 is 10.1 Å². The second-order valence-corrected chi connectivity index (χ2v) is 7.04. The van der Waals surface area contributed by atoms with E-state index in [4.69, 9.17) is 4.74 Å². The minimum Gasteiger partial charge on any atom is -0.381 e. The maximum atomic E-state index is 5.48. The number of nitrogens with zero attached hydrogens (tertiary/aromatic N) is 3. The van der Waals surface area contributed by atoms with E-state index in [1.165, 1.54) is 32.1 Å². The second kappa shape index (κ2) is 7.58. The van der Waals surface area contributed by atoms with Gasteiger partial charge in [0.1, 0.15) is 12.1 Å². The number of anilines is 1. The molecule has 1 saturated carbocycles. The van der Waals surface area contributed by atoms with Crippen LogP contribution in [0.2, 0.25) is 0 Å². The lowest BCUT2D eigenvalue weighted by atomic mass is 9.80. The van der Waals surface area contributed by atoms with Crippen molar-refractivity contribution in [2.75, 3.05) is 38.7 Å². The molecule has 0 radical (unpaired) electrons. The molecular weight excluding hydrogens is 288 g/mol. The van der Waals surface area contributed by atoms with Crippen LogP contribution in [0.15, 0.2) is 12.4 Å². The van der Waals surface area contributed by atoms with E-state index < -0.39 is 0 Å². The Hall–Kier alpha value is -1.20. The number of likely N-dealkylation sites (N-methyl/N-ethyl adjacent to an activating group) is 1. The van der Waals surface area contributed by atoms with Gasteiger partial charge in [0.15, 0.2) is 0 Å². The Morgan fingerprint density at radius 3 is 2.83 bits per heavy atom. The lowest BCUT2D eigenvalue weighted by Crippen LogP contribution is -2.52. The number of nitrogens with one attached hydrogen (secondary N) is 1. The van der Waals surface area contributed by atoms with Gasteiger partial charge in [-0.2, -0.15) is 0 Å². The molecule has 3 rings (SSSR count). The van der Waals surface area contributed by atoms with E-state index in [0.717, 1.165) is 44.2 Å². The van der Waals surface area contributed by atoms with Crippen LogP contribution >= 0.6 is 0 Å². The Kier molecular flexibility index (Phi) is 5.49. The number of hydrogen-bond donors (Lipinski definition) is 1. The van der Waals surface area contributed by atoms with E-state index in [1.807, 2.05) is 0 Å². The average molecular weight is 318 g/mol. The van der Waals surface area contributed by atoms with E-state index in [9.17, 15) is 0 Å². The Morgan fingerprint density at radius 1 is 1.30 bits per heavy atom. The first kappa shape index (κ1) is 16.7. The minimum absolute atomic E-state index is 0.272. The Labute approximate surface area is 139 Å². The lowest BCUT2D eigenvalue weighted by Gasteiger charge is -2.44. The van der Waals surface area contributed by atoms with E-state index in [-0.39, 0.29) is 5.54 Å². The molecule has 5 nitrogen and oxygen atoms in total. The summed E-state index contributed by atoms with van der Waals surface area (Å²) in [6.45, 7) is 5.95. The monoisotopic (exact) mass is 318 g/mol. The summed E-state index contributed by atoms with van der Waals surface area (Å²) in [5.41, 5.74) is 1.38. The maximum absolute atomic E-state index is 5.48. The van der Waals surface area contributed by atoms with Gasteiger partial charge in [0.2, 0.25) is 0 Å². The average Bonchev–Trinajstić information content (AvgIpc) is 3.15. The molecule has 2 aliphatic rings. The van der Waals surface area contributed by atoms with Crippen LogP contribution in [0.4, 0.5) is 5.82 Å². The third kappa shape index (κ3) is 3.83. The van der Waals surface area contributed by atoms with E-state index >= 15 is 0 Å². The number of aromatic nitrogens is 2. The standard InChI is InChI=1S/C18H30N4O/c1-3-22(2)18(8-5-4-6-9-18)13-19-17-11-16(20-14-21-17)15-7-10-23-12-15/h11,14-15H,3-10,12-13H2,1-2H3,(H,19,20,21)/t15-/m1/s1. The minimum atomic E-state index is 0.272. The molecule has 2 fully saturated rings. The van der Waals surface area contributed by atoms with Crippen molar-refractivity contribution in [3.05, 3.63) is 18.1 Å². The third-order valence-corrected chi connectivity index (χ3v) is 5.70. The predicted molar refractivity (Wildman–Crippen MR) is 92.8 cm³/mol. The highest BCUT2D eigenvalue weighted by Crippen LogP contribution is 2.33. The van der Waals surface area contributed by atoms with Gasteiger partial charge in [0, 0.05) is 30.7 Å². The Morgan fingerprint density at radius 2 is 2.13 bits per heavy atom. The van der Waals surface area contributed by atoms with Gasteiger partial charge in [0.25, 0.3) is 0 Å². The highest BCUT2D eigenvalue weighted by molar-refractivity contribution is 5.36. The van der Waals surface area contributed by atoms with Gasteiger partial charge >= 0.3 is 0 Å². The van der Waals surface area contributed by atoms with Gasteiger partial charge in [-0.15, -0.1) is 0 Å². The van der Waals surface area contributed by atoms with Crippen LogP contribution in [0.5, 0.6) is 0 Å². The third-order valence-electron chi connectivity index (χ3n) is 5.70. The molecule has 128 valence electrons. The van der Waals surface area contributed by atoms with Crippen molar-refractivity contribution in [3.63, 3.8) is 0 Å². The molecule has 0 unspecified atom stereocenters. The lowest BCUT2D eigenvalue weighted by molar-refractivity contribution is 0.0922. The molecule has 2 heterocycles. The van der Waals surface area contributed by atoms with Crippen LogP contribution in [0.1, 0.15) is 57.1 Å². The quantitative estimate of drug-likeness (QED) is 0.873. The summed E-state index contributed by atoms with van der Waals surface area (Å²) in [6, 6.07) is 2.11. The van der Waals surface area contributed by atoms with Crippen molar-refractivity contribution in [1.82, 2.24) is 14.9 Å². The van der Waals surface area contributed by atoms with Crippen molar-refractivity contribution in [1.29, 1.82) is 0 Å². The SMILES string of the molecule is CCN(C)C1(CNc2cc([C@@H]3CCOC3)ncn2)CCCCC1. The van der Waals surface area contributed by atoms with Crippen LogP contribution in [0.3, 0.4) is 0 Å². The summed E-state index contributed by atoms with van der Waals surface area (Å²) in [5, 5.41) is 3.60. The number of hydrogen-bond acceptors (Lipinski definition) is 5. The molecule has 1 aliphatic carbocycles. The first-order valence-corrected chi connectivity index (χ1v) is 9.08. The fraction of sp³-hybridized carbons (Fsp3) is 0.778. The molecule has 0 aromatic carbocycles. The summed E-state index contributed by atoms with van der Waals surface area (Å²) in [5.74, 6) is 1.39. The predicted octanol–water partition coefficient (Wildman–Crippen LogP) is 3.05. The zero-order valence-electron chi connectivity index (χ0n) is 14.6. The first-order valence-electron chi connectivity index (χ1n) is 9.08. The fourth-order valence-corrected chi connectivity index (χ4v) is 3.95. The summed E-state index contributed by atoms with van der Waals surface area (Å²) in [6.07, 6.45) is 9.35. The molecule has 0 spiro atoms. The molecule has 1 saturated heterocycles. The van der Waals surface area contributed by atoms with Crippen molar-refractivity contribution in [2.45, 2.75) is 56.9 Å². The maximum Gasteiger partial charge on any atom is 0.129 e. The molecular formula is C18H30N4O. The van der Waals surface area contributed by atoms with Crippen LogP contribution in [-0.2, 0) is 4.74 Å². The van der Waals surface area contributed by atoms with Crippen molar-refractivity contribution in [3.8, 4) is 0 Å². The van der Waals surface area contributed by atoms with E-state index in [0.29, 0.717) is 5.92 Å². The Balaban J connectivity index is 1.67. The van der Waals surface area contributed by atoms with Crippen LogP contribution in [0, 0.1) is 0 Å². The molecule has 0 amide bonds. The van der Waals surface area contributed by atoms with Gasteiger partial charge in [-0.05, 0) is 32.9 Å². The number of ether oxygens (including phenoxy) is 1. The van der Waals surface area contributed by atoms with Crippen LogP contribution < -0.4 is 5.32 Å². The molecule has 1 atom stereocenters. The molecule has 1 aromatic heterocycles. The highest BCUT2D eigenvalue weighted by atomic mass is 16.5. The van der Waals surface area contributed by atoms with E-state index in [1.54, 1.807) is 6.33 Å². The zero-order valence-corrected chi connectivity index (χ0v) is 14.6. The van der Waals surface area contributed by atoms with Gasteiger partial charge in [-0.3, -0.25) is 4.90 Å². The van der Waals surface area contributed by atoms with Gasteiger partial charge in [-0.1, -0.05) is 26.2 Å². The van der Waals surface area contributed by atoms with Gasteiger partial charge in [0.05, 0.1) is 12.3 Å². The smallest absolute Gasteiger partial charge is 0.129 e. The molecule has 1 N–H and O–H groups in total. The summed E-state index contributed by atoms with van der Waals surface area (Å²) < 4.78 is 5.48. The van der Waals surface area contributed by atoms with Gasteiger partial charge in [-0.25, -0.2) is 9.97 Å². The molecule has 23 heavy (non-hydrogen) atoms. The zero-order chi connectivity index (χ0) is 16.1. The molecule has 5 heteroatoms. The fourth-order valence-electron chi connectivity index (χ4n) is 3.95. The highest BCUT2D eigenvalue weighted by Gasteiger charge is 2.35. The first-order chi connectivity index (χ1) is 11.2. The normalized spacial score (nSPS) is 24.0. The van der Waals surface area contributed by atoms with E-state index in [2.05, 4.69) is 40.2 Å². The topological polar surface area (TPSA) is 50.3 Å². The molecule has 1 aliphatic heterocycles. The van der Waals surface area contributed by atoms with Crippen molar-refractivity contribution in [2.24, 2.45) is 0 Å². The van der Waals surface area contributed by atoms with Crippen molar-refractivity contribution >= 4 is 5.82 Å². The van der Waals surface area contributed by atoms with Crippen LogP contribution in [0.25, 0.3) is 0 Å². The largest absolute Gasteiger partial charge is 0.381 e. The summed E-state index contributed by atoms with van der Waals surface area (Å²) in [4.78, 5) is 11.4.